The molecule has 0 saturated heterocycles. The average molecular weight is 169 g/mol. The van der Waals surface area contributed by atoms with E-state index in [1.807, 2.05) is 0 Å². The van der Waals surface area contributed by atoms with Crippen LogP contribution in [0.3, 0.4) is 0 Å². The van der Waals surface area contributed by atoms with Crippen LogP contribution >= 0.6 is 0 Å². The highest BCUT2D eigenvalue weighted by Crippen LogP contribution is 2.16. The molecule has 1 aromatic heterocycles. The van der Waals surface area contributed by atoms with Crippen molar-refractivity contribution in [2.24, 2.45) is 0 Å². The van der Waals surface area contributed by atoms with E-state index in [0.29, 0.717) is 5.76 Å². The highest BCUT2D eigenvalue weighted by atomic mass is 16.6. The third-order valence-electron chi connectivity index (χ3n) is 1.60. The van der Waals surface area contributed by atoms with E-state index >= 15 is 0 Å². The van der Waals surface area contributed by atoms with Gasteiger partial charge < -0.3 is 4.42 Å². The molecule has 0 aromatic carbocycles. The minimum Gasteiger partial charge on any atom is -0.406 e. The molecule has 0 atom stereocenters. The van der Waals surface area contributed by atoms with Crippen LogP contribution in [0.1, 0.15) is 25.5 Å². The van der Waals surface area contributed by atoms with E-state index in [4.69, 9.17) is 4.42 Å². The Kier molecular flexibility index (Phi) is 2.85. The molecule has 0 bridgehead atoms. The Morgan fingerprint density at radius 1 is 1.58 bits per heavy atom. The molecule has 4 heteroatoms. The molecule has 0 radical (unpaired) electrons. The van der Waals surface area contributed by atoms with Crippen LogP contribution in [0, 0.1) is 10.1 Å². The Labute approximate surface area is 70.3 Å². The van der Waals surface area contributed by atoms with E-state index in [0.717, 1.165) is 19.3 Å². The molecule has 0 saturated carbocycles. The Bertz CT molecular complexity index is 267. The molecule has 12 heavy (non-hydrogen) atoms. The van der Waals surface area contributed by atoms with Gasteiger partial charge in [0, 0.05) is 6.42 Å². The summed E-state index contributed by atoms with van der Waals surface area (Å²) in [7, 11) is 0. The summed E-state index contributed by atoms with van der Waals surface area (Å²) in [6.45, 7) is 2.07. The molecule has 0 aliphatic carbocycles. The van der Waals surface area contributed by atoms with Gasteiger partial charge in [-0.1, -0.05) is 13.3 Å². The molecular formula is C8H11NO3. The van der Waals surface area contributed by atoms with Crippen molar-refractivity contribution >= 4 is 5.88 Å². The van der Waals surface area contributed by atoms with Crippen molar-refractivity contribution in [1.82, 2.24) is 0 Å². The van der Waals surface area contributed by atoms with E-state index in [1.54, 1.807) is 6.07 Å². The number of unbranched alkanes of at least 4 members (excludes halogenated alkanes) is 1. The second-order valence-electron chi connectivity index (χ2n) is 2.60. The van der Waals surface area contributed by atoms with Gasteiger partial charge in [0.25, 0.3) is 0 Å². The molecule has 66 valence electrons. The van der Waals surface area contributed by atoms with Crippen LogP contribution in [-0.2, 0) is 6.42 Å². The van der Waals surface area contributed by atoms with E-state index in [1.165, 1.54) is 6.07 Å². The van der Waals surface area contributed by atoms with Gasteiger partial charge >= 0.3 is 5.88 Å². The summed E-state index contributed by atoms with van der Waals surface area (Å²) in [5, 5.41) is 10.2. The third kappa shape index (κ3) is 2.08. The summed E-state index contributed by atoms with van der Waals surface area (Å²) in [6.07, 6.45) is 2.85. The lowest BCUT2D eigenvalue weighted by atomic mass is 10.2. The van der Waals surface area contributed by atoms with Gasteiger partial charge in [-0.05, 0) is 12.5 Å². The standard InChI is InChI=1S/C8H11NO3/c1-2-3-4-7-5-6-8(12-7)9(10)11/h5-6H,2-4H2,1H3. The van der Waals surface area contributed by atoms with Gasteiger partial charge in [-0.3, -0.25) is 10.1 Å². The fraction of sp³-hybridized carbons (Fsp3) is 0.500. The lowest BCUT2D eigenvalue weighted by molar-refractivity contribution is -0.402. The van der Waals surface area contributed by atoms with Crippen molar-refractivity contribution in [2.45, 2.75) is 26.2 Å². The fourth-order valence-corrected chi connectivity index (χ4v) is 0.950. The Morgan fingerprint density at radius 3 is 2.83 bits per heavy atom. The zero-order chi connectivity index (χ0) is 8.97. The van der Waals surface area contributed by atoms with E-state index in [-0.39, 0.29) is 5.88 Å². The number of furan rings is 1. The van der Waals surface area contributed by atoms with Crippen LogP contribution in [0.5, 0.6) is 0 Å². The molecule has 0 fully saturated rings. The van der Waals surface area contributed by atoms with E-state index in [9.17, 15) is 10.1 Å². The molecule has 1 aromatic rings. The number of aryl methyl sites for hydroxylation is 1. The van der Waals surface area contributed by atoms with Crippen molar-refractivity contribution in [3.05, 3.63) is 28.0 Å². The monoisotopic (exact) mass is 169 g/mol. The largest absolute Gasteiger partial charge is 0.433 e. The normalized spacial score (nSPS) is 10.1. The molecule has 4 nitrogen and oxygen atoms in total. The molecule has 1 heterocycles. The number of hydrogen-bond donors (Lipinski definition) is 0. The van der Waals surface area contributed by atoms with Gasteiger partial charge in [0.15, 0.2) is 0 Å². The first-order valence-corrected chi connectivity index (χ1v) is 3.97. The summed E-state index contributed by atoms with van der Waals surface area (Å²) >= 11 is 0. The van der Waals surface area contributed by atoms with Crippen molar-refractivity contribution in [2.75, 3.05) is 0 Å². The van der Waals surface area contributed by atoms with Crippen LogP contribution in [-0.4, -0.2) is 4.92 Å². The molecular weight excluding hydrogens is 158 g/mol. The molecule has 0 aliphatic heterocycles. The van der Waals surface area contributed by atoms with Crippen LogP contribution in [0.25, 0.3) is 0 Å². The predicted octanol–water partition coefficient (Wildman–Crippen LogP) is 2.53. The summed E-state index contributed by atoms with van der Waals surface area (Å²) in [4.78, 5) is 9.68. The van der Waals surface area contributed by atoms with E-state index < -0.39 is 4.92 Å². The molecule has 0 N–H and O–H groups in total. The van der Waals surface area contributed by atoms with Crippen molar-refractivity contribution in [3.63, 3.8) is 0 Å². The number of rotatable bonds is 4. The van der Waals surface area contributed by atoms with Gasteiger partial charge in [0.2, 0.25) is 0 Å². The maximum atomic E-state index is 10.2. The van der Waals surface area contributed by atoms with E-state index in [2.05, 4.69) is 6.92 Å². The zero-order valence-electron chi connectivity index (χ0n) is 6.95. The van der Waals surface area contributed by atoms with Crippen molar-refractivity contribution < 1.29 is 9.34 Å². The zero-order valence-corrected chi connectivity index (χ0v) is 6.95. The average Bonchev–Trinajstić information content (AvgIpc) is 2.48. The quantitative estimate of drug-likeness (QED) is 0.514. The summed E-state index contributed by atoms with van der Waals surface area (Å²) in [5.41, 5.74) is 0. The summed E-state index contributed by atoms with van der Waals surface area (Å²) in [6, 6.07) is 3.05. The topological polar surface area (TPSA) is 56.3 Å². The van der Waals surface area contributed by atoms with Gasteiger partial charge in [0.1, 0.15) is 10.7 Å². The second kappa shape index (κ2) is 3.90. The van der Waals surface area contributed by atoms with Gasteiger partial charge in [-0.15, -0.1) is 0 Å². The number of nitrogens with zero attached hydrogens (tertiary/aromatic N) is 1. The highest BCUT2D eigenvalue weighted by molar-refractivity contribution is 5.17. The highest BCUT2D eigenvalue weighted by Gasteiger charge is 2.10. The first kappa shape index (κ1) is 8.77. The lowest BCUT2D eigenvalue weighted by Gasteiger charge is -1.90. The fourth-order valence-electron chi connectivity index (χ4n) is 0.950. The lowest BCUT2D eigenvalue weighted by Crippen LogP contribution is -1.83. The Morgan fingerprint density at radius 2 is 2.33 bits per heavy atom. The molecule has 0 unspecified atom stereocenters. The first-order valence-electron chi connectivity index (χ1n) is 3.97. The maximum absolute atomic E-state index is 10.2. The minimum absolute atomic E-state index is 0.166. The molecule has 1 rings (SSSR count). The number of nitro groups is 1. The summed E-state index contributed by atoms with van der Waals surface area (Å²) < 4.78 is 4.95. The number of hydrogen-bond acceptors (Lipinski definition) is 3. The first-order chi connectivity index (χ1) is 5.74. The Balaban J connectivity index is 2.58. The predicted molar refractivity (Wildman–Crippen MR) is 44.0 cm³/mol. The molecule has 0 amide bonds. The van der Waals surface area contributed by atoms with Crippen molar-refractivity contribution in [3.8, 4) is 0 Å². The second-order valence-corrected chi connectivity index (χ2v) is 2.60. The molecule has 0 aliphatic rings. The molecule has 0 spiro atoms. The SMILES string of the molecule is CCCCc1ccc([N+](=O)[O-])o1. The van der Waals surface area contributed by atoms with Crippen molar-refractivity contribution in [1.29, 1.82) is 0 Å². The van der Waals surface area contributed by atoms with Gasteiger partial charge in [-0.25, -0.2) is 0 Å². The maximum Gasteiger partial charge on any atom is 0.433 e. The third-order valence-corrected chi connectivity index (χ3v) is 1.60. The van der Waals surface area contributed by atoms with Crippen LogP contribution in [0.4, 0.5) is 5.88 Å². The summed E-state index contributed by atoms with van der Waals surface area (Å²) in [5.74, 6) is 0.532. The Hall–Kier alpha value is -1.32. The van der Waals surface area contributed by atoms with Crippen LogP contribution in [0.15, 0.2) is 16.5 Å². The minimum atomic E-state index is -0.518. The van der Waals surface area contributed by atoms with Gasteiger partial charge in [-0.2, -0.15) is 0 Å². The van der Waals surface area contributed by atoms with Gasteiger partial charge in [0.05, 0.1) is 6.07 Å². The van der Waals surface area contributed by atoms with Crippen LogP contribution in [0.2, 0.25) is 0 Å². The smallest absolute Gasteiger partial charge is 0.406 e. The van der Waals surface area contributed by atoms with Crippen LogP contribution < -0.4 is 0 Å².